The Morgan fingerprint density at radius 3 is 0.694 bits per heavy atom. The Morgan fingerprint density at radius 2 is 0.449 bits per heavy atom. The fourth-order valence-corrected chi connectivity index (χ4v) is 15.8. The number of nitrogens with zero attached hydrogens (tertiary/aromatic N) is 2. The summed E-state index contributed by atoms with van der Waals surface area (Å²) in [6.45, 7) is 16.7. The highest BCUT2D eigenvalue weighted by molar-refractivity contribution is 5.88. The van der Waals surface area contributed by atoms with Gasteiger partial charge in [0, 0.05) is 105 Å². The smallest absolute Gasteiger partial charge is 0.305 e. The van der Waals surface area contributed by atoms with E-state index in [0.717, 1.165) is 205 Å². The minimum atomic E-state index is -0.769. The van der Waals surface area contributed by atoms with Crippen LogP contribution in [0.4, 0.5) is 0 Å². The SMILES string of the molecule is CCCCC/C=C\C/C=C\CCCCCCCC(=O)OCCN(CCOC(=O)CCCCCCC/C=C\C/C=C\CCCCC)C(=O)CCC(=O)NCCCC[C@H](NC(C)=O)C(=O)NCCCOCCOCCOCCOCCOCCCNC(=O)[C@H](CCCCNC(=O)CCC(=O)N(CCOC(=O)CCCCCCC/C=C\C/C=C\CCCCC)CCOC(=O)CCCCCCC/C=C\C/C=C\CCCCC)NC(C)=O. The Labute approximate surface area is 889 Å². The van der Waals surface area contributed by atoms with Crippen molar-refractivity contribution in [1.29, 1.82) is 0 Å². The van der Waals surface area contributed by atoms with E-state index in [2.05, 4.69) is 157 Å². The highest BCUT2D eigenvalue weighted by Gasteiger charge is 2.24. The molecule has 0 aliphatic carbocycles. The maximum atomic E-state index is 13.6. The third kappa shape index (κ3) is 102. The van der Waals surface area contributed by atoms with Crippen LogP contribution >= 0.6 is 0 Å². The van der Waals surface area contributed by atoms with Crippen LogP contribution in [-0.2, 0) is 100 Å². The number of amides is 8. The lowest BCUT2D eigenvalue weighted by Gasteiger charge is -2.22. The van der Waals surface area contributed by atoms with Crippen LogP contribution < -0.4 is 31.9 Å². The van der Waals surface area contributed by atoms with Crippen molar-refractivity contribution < 1.29 is 100 Å². The molecule has 8 amide bonds. The Bertz CT molecular complexity index is 3140. The van der Waals surface area contributed by atoms with Gasteiger partial charge < -0.3 is 84.3 Å². The summed E-state index contributed by atoms with van der Waals surface area (Å²) in [6.07, 6.45) is 88.1. The Hall–Kier alpha value is -8.64. The third-order valence-electron chi connectivity index (χ3n) is 24.5. The van der Waals surface area contributed by atoms with Crippen LogP contribution in [0.2, 0.25) is 0 Å². The first-order valence-corrected chi connectivity index (χ1v) is 57.8. The van der Waals surface area contributed by atoms with E-state index in [4.69, 9.17) is 42.6 Å². The van der Waals surface area contributed by atoms with Gasteiger partial charge in [0.15, 0.2) is 0 Å². The molecule has 0 fully saturated rings. The van der Waals surface area contributed by atoms with Crippen molar-refractivity contribution in [2.24, 2.45) is 0 Å². The van der Waals surface area contributed by atoms with Crippen molar-refractivity contribution in [1.82, 2.24) is 41.7 Å². The lowest BCUT2D eigenvalue weighted by atomic mass is 10.1. The van der Waals surface area contributed by atoms with E-state index in [1.165, 1.54) is 101 Å². The maximum Gasteiger partial charge on any atom is 0.305 e. The summed E-state index contributed by atoms with van der Waals surface area (Å²) < 4.78 is 50.4. The second kappa shape index (κ2) is 110. The molecule has 29 heteroatoms. The molecule has 0 saturated heterocycles. The van der Waals surface area contributed by atoms with E-state index in [0.29, 0.717) is 169 Å². The number of unbranched alkanes of at least 4 members (excludes halogenated alkanes) is 34. The summed E-state index contributed by atoms with van der Waals surface area (Å²) in [6, 6.07) is -1.54. The molecule has 147 heavy (non-hydrogen) atoms. The number of rotatable bonds is 108. The average Bonchev–Trinajstić information content (AvgIpc) is 0.934. The van der Waals surface area contributed by atoms with Gasteiger partial charge in [-0.05, 0) is 205 Å². The predicted molar refractivity (Wildman–Crippen MR) is 591 cm³/mol. The zero-order valence-electron chi connectivity index (χ0n) is 92.8. The molecule has 0 saturated carbocycles. The van der Waals surface area contributed by atoms with Gasteiger partial charge in [-0.2, -0.15) is 0 Å². The molecule has 0 aromatic carbocycles. The minimum Gasteiger partial charge on any atom is -0.464 e. The minimum absolute atomic E-state index is 0.0180. The molecule has 29 nitrogen and oxygen atoms in total. The summed E-state index contributed by atoms with van der Waals surface area (Å²) in [7, 11) is 0. The van der Waals surface area contributed by atoms with Crippen molar-refractivity contribution in [3.05, 3.63) is 97.2 Å². The number of carbonyl (C=O) groups is 12. The molecular formula is C118H206N8O21. The van der Waals surface area contributed by atoms with Crippen molar-refractivity contribution in [2.75, 3.05) is 145 Å². The molecule has 0 rings (SSSR count). The standard InChI is InChI=1S/C118H206N8O21/c1-7-11-15-19-23-27-31-35-39-43-47-51-55-59-63-75-113(133)144-93-87-125(88-94-145-114(134)76-64-60-56-52-48-44-40-36-32-28-24-20-16-12-8-2)111(131)81-79-109(129)119-83-69-67-73-107(123-105(5)127)117(137)121-85-71-91-139-97-99-141-101-103-143-104-102-142-100-98-140-92-72-86-122-118(138)108(124-106(6)128)74-68-70-84-120-110(130)80-82-112(132)126(89-95-146-115(135)77-65-61-57-53-49-45-41-37-33-29-25-21-17-13-9-3)90-96-147-116(136)78-66-62-58-54-50-46-42-38-34-30-26-22-18-14-10-4/h23-30,35-42,107-108H,7-22,31-34,43-104H2,1-6H3,(H,119,129)(H,120,130)(H,121,137)(H,122,138)(H,123,127)(H,124,128)/b27-23-,28-24-,29-25-,30-26-,39-35-,40-36-,41-37-,42-38-/t107-,108-/m0/s1. The largest absolute Gasteiger partial charge is 0.464 e. The van der Waals surface area contributed by atoms with Gasteiger partial charge in [-0.25, -0.2) is 0 Å². The van der Waals surface area contributed by atoms with E-state index in [1.54, 1.807) is 0 Å². The molecule has 0 radical (unpaired) electrons. The van der Waals surface area contributed by atoms with Crippen LogP contribution in [0.25, 0.3) is 0 Å². The summed E-state index contributed by atoms with van der Waals surface area (Å²) in [5.41, 5.74) is 0. The lowest BCUT2D eigenvalue weighted by Crippen LogP contribution is -2.46. The van der Waals surface area contributed by atoms with E-state index in [9.17, 15) is 57.5 Å². The first-order valence-electron chi connectivity index (χ1n) is 57.8. The average molecular weight is 2070 g/mol. The monoisotopic (exact) mass is 2070 g/mol. The van der Waals surface area contributed by atoms with Gasteiger partial charge in [0.25, 0.3) is 0 Å². The predicted octanol–water partition coefficient (Wildman–Crippen LogP) is 22.3. The van der Waals surface area contributed by atoms with Gasteiger partial charge in [0.1, 0.15) is 38.5 Å². The molecule has 6 N–H and O–H groups in total. The number of ether oxygens (including phenoxy) is 9. The first kappa shape index (κ1) is 138. The normalized spacial score (nSPS) is 12.1. The van der Waals surface area contributed by atoms with Gasteiger partial charge in [-0.15, -0.1) is 0 Å². The number of esters is 4. The third-order valence-corrected chi connectivity index (χ3v) is 24.5. The second-order valence-electron chi connectivity index (χ2n) is 38.1. The molecule has 0 unspecified atom stereocenters. The molecule has 0 aromatic rings. The number of allylic oxidation sites excluding steroid dienone is 16. The molecule has 844 valence electrons. The van der Waals surface area contributed by atoms with Crippen molar-refractivity contribution in [3.63, 3.8) is 0 Å². The van der Waals surface area contributed by atoms with Crippen LogP contribution in [0.5, 0.6) is 0 Å². The Balaban J connectivity index is 4.69. The molecule has 0 heterocycles. The quantitative estimate of drug-likeness (QED) is 0.0143. The maximum absolute atomic E-state index is 13.6. The fourth-order valence-electron chi connectivity index (χ4n) is 15.8. The number of carbonyl (C=O) groups excluding carboxylic acids is 12. The summed E-state index contributed by atoms with van der Waals surface area (Å²) in [5, 5.41) is 16.9. The van der Waals surface area contributed by atoms with E-state index in [-0.39, 0.29) is 149 Å². The zero-order valence-corrected chi connectivity index (χ0v) is 92.8. The van der Waals surface area contributed by atoms with Crippen molar-refractivity contribution in [3.8, 4) is 0 Å². The van der Waals surface area contributed by atoms with E-state index in [1.807, 2.05) is 0 Å². The van der Waals surface area contributed by atoms with Crippen LogP contribution in [0.1, 0.15) is 427 Å². The number of nitrogens with one attached hydrogen (secondary N) is 6. The second-order valence-corrected chi connectivity index (χ2v) is 38.1. The molecular weight excluding hydrogens is 1870 g/mol. The molecule has 0 spiro atoms. The zero-order chi connectivity index (χ0) is 107. The highest BCUT2D eigenvalue weighted by Crippen LogP contribution is 2.17. The fraction of sp³-hybridized carbons (Fsp3) is 0.763. The van der Waals surface area contributed by atoms with Crippen LogP contribution in [0.3, 0.4) is 0 Å². The van der Waals surface area contributed by atoms with Gasteiger partial charge in [-0.1, -0.05) is 253 Å². The van der Waals surface area contributed by atoms with Crippen LogP contribution in [-0.4, -0.2) is 238 Å². The summed E-state index contributed by atoms with van der Waals surface area (Å²) in [5.74, 6) is -3.95. The summed E-state index contributed by atoms with van der Waals surface area (Å²) in [4.78, 5) is 158. The van der Waals surface area contributed by atoms with Crippen molar-refractivity contribution >= 4 is 71.1 Å². The lowest BCUT2D eigenvalue weighted by molar-refractivity contribution is -0.148. The van der Waals surface area contributed by atoms with Crippen LogP contribution in [0.15, 0.2) is 97.2 Å². The van der Waals surface area contributed by atoms with Gasteiger partial charge in [-0.3, -0.25) is 57.5 Å². The topological polar surface area (TPSA) is 367 Å². The summed E-state index contributed by atoms with van der Waals surface area (Å²) >= 11 is 0. The molecule has 0 bridgehead atoms. The van der Waals surface area contributed by atoms with Crippen LogP contribution in [0, 0.1) is 0 Å². The Kier molecular flexibility index (Phi) is 104. The van der Waals surface area contributed by atoms with Gasteiger partial charge in [0.05, 0.1) is 79.0 Å². The van der Waals surface area contributed by atoms with E-state index >= 15 is 0 Å². The highest BCUT2D eigenvalue weighted by atomic mass is 16.6. The number of hydrogen-bond acceptors (Lipinski definition) is 21. The first-order chi connectivity index (χ1) is 71.9. The van der Waals surface area contributed by atoms with Gasteiger partial charge >= 0.3 is 23.9 Å². The van der Waals surface area contributed by atoms with E-state index < -0.39 is 12.1 Å². The molecule has 0 aliphatic heterocycles. The Morgan fingerprint density at radius 1 is 0.224 bits per heavy atom. The molecule has 0 aliphatic rings. The van der Waals surface area contributed by atoms with Crippen molar-refractivity contribution in [2.45, 2.75) is 439 Å². The molecule has 2 atom stereocenters. The number of hydrogen-bond donors (Lipinski definition) is 6. The molecule has 0 aromatic heterocycles. The van der Waals surface area contributed by atoms with Gasteiger partial charge in [0.2, 0.25) is 47.3 Å².